The van der Waals surface area contributed by atoms with Gasteiger partial charge in [0.2, 0.25) is 0 Å². The topological polar surface area (TPSA) is 42.2 Å². The number of hydrogen-bond acceptors (Lipinski definition) is 1. The molecule has 1 heterocycles. The van der Waals surface area contributed by atoms with E-state index < -0.39 is 5.97 Å². The number of carboxylic acids is 1. The molecule has 0 fully saturated rings. The molecule has 0 spiro atoms. The summed E-state index contributed by atoms with van der Waals surface area (Å²) < 4.78 is 1.82. The predicted octanol–water partition coefficient (Wildman–Crippen LogP) is 3.69. The van der Waals surface area contributed by atoms with Crippen LogP contribution >= 0.6 is 0 Å². The van der Waals surface area contributed by atoms with Gasteiger partial charge in [-0.2, -0.15) is 0 Å². The molecule has 0 unspecified atom stereocenters. The number of fused-ring (bicyclic) bond motifs is 1. The predicted molar refractivity (Wildman–Crippen MR) is 70.7 cm³/mol. The van der Waals surface area contributed by atoms with Gasteiger partial charge in [-0.05, 0) is 32.0 Å². The van der Waals surface area contributed by atoms with Crippen LogP contribution in [0.3, 0.4) is 0 Å². The summed E-state index contributed by atoms with van der Waals surface area (Å²) in [5, 5.41) is 10.0. The molecule has 0 aliphatic carbocycles. The second kappa shape index (κ2) is 5.53. The van der Waals surface area contributed by atoms with Gasteiger partial charge in [0.05, 0.1) is 0 Å². The Labute approximate surface area is 102 Å². The van der Waals surface area contributed by atoms with Crippen molar-refractivity contribution >= 4 is 16.9 Å². The highest BCUT2D eigenvalue weighted by molar-refractivity contribution is 5.94. The minimum Gasteiger partial charge on any atom is -0.477 e. The molecule has 0 radical (unpaired) electrons. The second-order valence-electron chi connectivity index (χ2n) is 3.64. The maximum atomic E-state index is 11.0. The monoisotopic (exact) mass is 233 g/mol. The van der Waals surface area contributed by atoms with Gasteiger partial charge in [0.25, 0.3) is 0 Å². The summed E-state index contributed by atoms with van der Waals surface area (Å²) in [6.07, 6.45) is 0. The van der Waals surface area contributed by atoms with Crippen molar-refractivity contribution in [1.82, 2.24) is 4.57 Å². The van der Waals surface area contributed by atoms with Crippen LogP contribution in [-0.4, -0.2) is 15.6 Å². The van der Waals surface area contributed by atoms with E-state index in [4.69, 9.17) is 5.11 Å². The Morgan fingerprint density at radius 3 is 2.47 bits per heavy atom. The van der Waals surface area contributed by atoms with Crippen molar-refractivity contribution in [3.8, 4) is 0 Å². The summed E-state index contributed by atoms with van der Waals surface area (Å²) >= 11 is 0. The van der Waals surface area contributed by atoms with E-state index in [1.807, 2.05) is 50.5 Å². The van der Waals surface area contributed by atoms with Crippen molar-refractivity contribution < 1.29 is 9.90 Å². The number of carboxylic acid groups (broad SMARTS) is 1. The Morgan fingerprint density at radius 2 is 1.94 bits per heavy atom. The number of aromatic carboxylic acids is 1. The van der Waals surface area contributed by atoms with Gasteiger partial charge in [0, 0.05) is 17.4 Å². The van der Waals surface area contributed by atoms with Crippen molar-refractivity contribution in [3.05, 3.63) is 35.5 Å². The van der Waals surface area contributed by atoms with Gasteiger partial charge in [-0.3, -0.25) is 0 Å². The third-order valence-corrected chi connectivity index (χ3v) is 2.59. The van der Waals surface area contributed by atoms with Gasteiger partial charge in [-0.25, -0.2) is 4.79 Å². The summed E-state index contributed by atoms with van der Waals surface area (Å²) in [7, 11) is 0. The minimum absolute atomic E-state index is 0.359. The highest BCUT2D eigenvalue weighted by Gasteiger charge is 2.12. The lowest BCUT2D eigenvalue weighted by Gasteiger charge is -2.03. The zero-order valence-electron chi connectivity index (χ0n) is 10.8. The summed E-state index contributed by atoms with van der Waals surface area (Å²) in [5.74, 6) is -0.870. The lowest BCUT2D eigenvalue weighted by atomic mass is 10.2. The maximum absolute atomic E-state index is 11.0. The number of carbonyl (C=O) groups is 1. The van der Waals surface area contributed by atoms with E-state index >= 15 is 0 Å². The van der Waals surface area contributed by atoms with Gasteiger partial charge in [-0.1, -0.05) is 25.5 Å². The van der Waals surface area contributed by atoms with Crippen LogP contribution in [0.5, 0.6) is 0 Å². The summed E-state index contributed by atoms with van der Waals surface area (Å²) in [6, 6.07) is 7.71. The van der Waals surface area contributed by atoms with Crippen LogP contribution in [0.4, 0.5) is 0 Å². The fourth-order valence-electron chi connectivity index (χ4n) is 1.91. The molecule has 2 aromatic rings. The van der Waals surface area contributed by atoms with Gasteiger partial charge in [0.1, 0.15) is 5.69 Å². The van der Waals surface area contributed by atoms with E-state index in [9.17, 15) is 4.79 Å². The lowest BCUT2D eigenvalue weighted by molar-refractivity contribution is 0.0686. The van der Waals surface area contributed by atoms with Crippen LogP contribution in [0, 0.1) is 6.92 Å². The highest BCUT2D eigenvalue weighted by Crippen LogP contribution is 2.21. The van der Waals surface area contributed by atoms with Gasteiger partial charge in [-0.15, -0.1) is 0 Å². The SMILES string of the molecule is CC.CCn1c(C(=O)O)cc2cc(C)ccc21. The Morgan fingerprint density at radius 1 is 1.29 bits per heavy atom. The summed E-state index contributed by atoms with van der Waals surface area (Å²) in [6.45, 7) is 8.63. The molecule has 0 saturated heterocycles. The van der Waals surface area contributed by atoms with E-state index in [2.05, 4.69) is 0 Å². The molecule has 0 atom stereocenters. The van der Waals surface area contributed by atoms with Crippen LogP contribution in [0.1, 0.15) is 36.8 Å². The third-order valence-electron chi connectivity index (χ3n) is 2.59. The maximum Gasteiger partial charge on any atom is 0.352 e. The number of hydrogen-bond donors (Lipinski definition) is 1. The molecule has 1 aromatic heterocycles. The smallest absolute Gasteiger partial charge is 0.352 e. The minimum atomic E-state index is -0.870. The molecule has 1 N–H and O–H groups in total. The highest BCUT2D eigenvalue weighted by atomic mass is 16.4. The normalized spacial score (nSPS) is 9.88. The zero-order chi connectivity index (χ0) is 13.0. The molecule has 17 heavy (non-hydrogen) atoms. The van der Waals surface area contributed by atoms with Gasteiger partial charge in [0.15, 0.2) is 0 Å². The molecule has 2 rings (SSSR count). The van der Waals surface area contributed by atoms with Crippen molar-refractivity contribution in [2.75, 3.05) is 0 Å². The summed E-state index contributed by atoms with van der Waals surface area (Å²) in [5.41, 5.74) is 2.49. The van der Waals surface area contributed by atoms with Crippen LogP contribution in [0.25, 0.3) is 10.9 Å². The van der Waals surface area contributed by atoms with Crippen molar-refractivity contribution in [3.63, 3.8) is 0 Å². The van der Waals surface area contributed by atoms with Crippen LogP contribution < -0.4 is 0 Å². The number of rotatable bonds is 2. The second-order valence-corrected chi connectivity index (χ2v) is 3.64. The number of nitrogens with zero attached hydrogens (tertiary/aromatic N) is 1. The largest absolute Gasteiger partial charge is 0.477 e. The Balaban J connectivity index is 0.000000686. The lowest BCUT2D eigenvalue weighted by Crippen LogP contribution is -2.06. The summed E-state index contributed by atoms with van der Waals surface area (Å²) in [4.78, 5) is 11.0. The van der Waals surface area contributed by atoms with Gasteiger partial charge >= 0.3 is 5.97 Å². The van der Waals surface area contributed by atoms with E-state index in [1.165, 1.54) is 0 Å². The van der Waals surface area contributed by atoms with E-state index in [-0.39, 0.29) is 0 Å². The molecular formula is C14H19NO2. The van der Waals surface area contributed by atoms with Crippen molar-refractivity contribution in [1.29, 1.82) is 0 Å². The Hall–Kier alpha value is -1.77. The Kier molecular flexibility index (Phi) is 4.32. The zero-order valence-corrected chi connectivity index (χ0v) is 10.8. The molecular weight excluding hydrogens is 214 g/mol. The standard InChI is InChI=1S/C12H13NO2.C2H6/c1-3-13-10-5-4-8(2)6-9(10)7-11(13)12(14)15;1-2/h4-7H,3H2,1-2H3,(H,14,15);1-2H3. The first-order chi connectivity index (χ1) is 8.13. The molecule has 3 heteroatoms. The first-order valence-corrected chi connectivity index (χ1v) is 5.96. The molecule has 0 bridgehead atoms. The molecule has 0 amide bonds. The first-order valence-electron chi connectivity index (χ1n) is 5.96. The molecule has 1 aromatic carbocycles. The van der Waals surface area contributed by atoms with Crippen molar-refractivity contribution in [2.24, 2.45) is 0 Å². The number of aryl methyl sites for hydroxylation is 2. The third kappa shape index (κ3) is 2.49. The molecule has 92 valence electrons. The van der Waals surface area contributed by atoms with E-state index in [1.54, 1.807) is 6.07 Å². The first kappa shape index (κ1) is 13.3. The van der Waals surface area contributed by atoms with Crippen molar-refractivity contribution in [2.45, 2.75) is 34.2 Å². The van der Waals surface area contributed by atoms with E-state index in [0.29, 0.717) is 12.2 Å². The fourth-order valence-corrected chi connectivity index (χ4v) is 1.91. The van der Waals surface area contributed by atoms with E-state index in [0.717, 1.165) is 16.5 Å². The average Bonchev–Trinajstić information content (AvgIpc) is 2.69. The molecule has 3 nitrogen and oxygen atoms in total. The molecule has 0 saturated carbocycles. The molecule has 0 aliphatic rings. The van der Waals surface area contributed by atoms with Crippen LogP contribution in [0.15, 0.2) is 24.3 Å². The quantitative estimate of drug-likeness (QED) is 0.859. The van der Waals surface area contributed by atoms with Gasteiger partial charge < -0.3 is 9.67 Å². The molecule has 0 aliphatic heterocycles. The van der Waals surface area contributed by atoms with Crippen LogP contribution in [-0.2, 0) is 6.54 Å². The fraction of sp³-hybridized carbons (Fsp3) is 0.357. The Bertz CT molecular complexity index is 526. The number of benzene rings is 1. The van der Waals surface area contributed by atoms with Crippen LogP contribution in [0.2, 0.25) is 0 Å². The average molecular weight is 233 g/mol. The number of aromatic nitrogens is 1.